The number of aromatic amines is 1. The second-order valence-corrected chi connectivity index (χ2v) is 9.00. The highest BCUT2D eigenvalue weighted by Crippen LogP contribution is 2.25. The van der Waals surface area contributed by atoms with Crippen molar-refractivity contribution in [1.82, 2.24) is 15.3 Å². The van der Waals surface area contributed by atoms with Gasteiger partial charge in [0, 0.05) is 53.2 Å². The number of halogens is 1. The van der Waals surface area contributed by atoms with Crippen molar-refractivity contribution in [1.29, 1.82) is 0 Å². The Morgan fingerprint density at radius 3 is 2.64 bits per heavy atom. The number of rotatable bonds is 6. The van der Waals surface area contributed by atoms with Crippen LogP contribution in [0.5, 0.6) is 0 Å². The molecular formula is C27H24ClN5O3. The molecule has 5 rings (SSSR count). The minimum atomic E-state index is -1.02. The smallest absolute Gasteiger partial charge is 0.253 e. The summed E-state index contributed by atoms with van der Waals surface area (Å²) in [6.45, 7) is 0.693. The van der Waals surface area contributed by atoms with Gasteiger partial charge in [0.05, 0.1) is 10.7 Å². The van der Waals surface area contributed by atoms with E-state index >= 15 is 0 Å². The van der Waals surface area contributed by atoms with E-state index in [1.807, 2.05) is 12.1 Å². The van der Waals surface area contributed by atoms with Crippen molar-refractivity contribution in [2.75, 3.05) is 16.8 Å². The van der Waals surface area contributed by atoms with Gasteiger partial charge in [-0.05, 0) is 61.4 Å². The molecule has 2 aromatic carbocycles. The first-order valence-electron chi connectivity index (χ1n) is 11.7. The Hall–Kier alpha value is -4.17. The molecule has 0 saturated carbocycles. The molecule has 0 spiro atoms. The molecule has 1 aliphatic heterocycles. The number of nitrogens with zero attached hydrogens (tertiary/aromatic N) is 2. The minimum Gasteiger partial charge on any atom is -0.360 e. The monoisotopic (exact) mass is 501 g/mol. The number of anilines is 2. The molecular weight excluding hydrogens is 478 g/mol. The molecule has 1 fully saturated rings. The topological polar surface area (TPSA) is 107 Å². The predicted octanol–water partition coefficient (Wildman–Crippen LogP) is 4.84. The maximum atomic E-state index is 13.3. The summed E-state index contributed by atoms with van der Waals surface area (Å²) in [6.07, 6.45) is 5.66. The molecule has 4 aromatic rings. The van der Waals surface area contributed by atoms with Gasteiger partial charge >= 0.3 is 0 Å². The lowest BCUT2D eigenvalue weighted by atomic mass is 10.1. The average Bonchev–Trinajstić information content (AvgIpc) is 3.28. The molecule has 2 aromatic heterocycles. The van der Waals surface area contributed by atoms with E-state index in [1.165, 1.54) is 0 Å². The Morgan fingerprint density at radius 1 is 1.06 bits per heavy atom. The number of carbonyl (C=O) groups is 3. The molecule has 9 heteroatoms. The van der Waals surface area contributed by atoms with E-state index in [1.54, 1.807) is 65.8 Å². The third kappa shape index (κ3) is 4.94. The zero-order valence-corrected chi connectivity index (χ0v) is 20.1. The number of benzene rings is 2. The van der Waals surface area contributed by atoms with Crippen molar-refractivity contribution in [3.05, 3.63) is 89.3 Å². The van der Waals surface area contributed by atoms with Gasteiger partial charge in [0.2, 0.25) is 5.91 Å². The van der Waals surface area contributed by atoms with Gasteiger partial charge in [0.25, 0.3) is 11.8 Å². The summed E-state index contributed by atoms with van der Waals surface area (Å²) < 4.78 is 0. The number of carbonyl (C=O) groups excluding carboxylic acids is 3. The van der Waals surface area contributed by atoms with E-state index in [0.29, 0.717) is 34.9 Å². The number of piperidine rings is 1. The maximum Gasteiger partial charge on any atom is 0.253 e. The lowest BCUT2D eigenvalue weighted by Crippen LogP contribution is -2.37. The summed E-state index contributed by atoms with van der Waals surface area (Å²) in [5, 5.41) is 7.02. The van der Waals surface area contributed by atoms with E-state index < -0.39 is 17.9 Å². The Balaban J connectivity index is 1.34. The lowest BCUT2D eigenvalue weighted by molar-refractivity contribution is -0.119. The van der Waals surface area contributed by atoms with Gasteiger partial charge in [-0.15, -0.1) is 0 Å². The summed E-state index contributed by atoms with van der Waals surface area (Å²) in [7, 11) is 0. The zero-order valence-electron chi connectivity index (χ0n) is 19.3. The van der Waals surface area contributed by atoms with Crippen molar-refractivity contribution < 1.29 is 14.4 Å². The second-order valence-electron chi connectivity index (χ2n) is 8.60. The van der Waals surface area contributed by atoms with Crippen LogP contribution in [0, 0.1) is 0 Å². The summed E-state index contributed by atoms with van der Waals surface area (Å²) in [6, 6.07) is 16.4. The SMILES string of the molecule is O=C(NC(C(=O)Nc1ccc(N2CCCCC2=O)cc1)c1ccccn1)c1ccc2c(Cl)c[nH]c2c1. The second kappa shape index (κ2) is 10.2. The normalized spacial score (nSPS) is 14.5. The van der Waals surface area contributed by atoms with E-state index in [0.717, 1.165) is 29.4 Å². The van der Waals surface area contributed by atoms with Crippen LogP contribution in [-0.4, -0.2) is 34.2 Å². The molecule has 1 aliphatic rings. The van der Waals surface area contributed by atoms with E-state index in [2.05, 4.69) is 20.6 Å². The van der Waals surface area contributed by atoms with Gasteiger partial charge in [-0.2, -0.15) is 0 Å². The summed E-state index contributed by atoms with van der Waals surface area (Å²) in [4.78, 5) is 47.6. The first-order chi connectivity index (χ1) is 17.5. The lowest BCUT2D eigenvalue weighted by Gasteiger charge is -2.27. The van der Waals surface area contributed by atoms with Gasteiger partial charge in [-0.25, -0.2) is 0 Å². The van der Waals surface area contributed by atoms with Gasteiger partial charge in [0.1, 0.15) is 0 Å². The van der Waals surface area contributed by atoms with Crippen LogP contribution in [0.4, 0.5) is 11.4 Å². The Labute approximate surface area is 212 Å². The number of hydrogen-bond acceptors (Lipinski definition) is 4. The van der Waals surface area contributed by atoms with Gasteiger partial charge < -0.3 is 20.5 Å². The van der Waals surface area contributed by atoms with Crippen LogP contribution in [0.1, 0.15) is 41.4 Å². The Morgan fingerprint density at radius 2 is 1.89 bits per heavy atom. The number of H-pyrrole nitrogens is 1. The van der Waals surface area contributed by atoms with Crippen molar-refractivity contribution in [2.45, 2.75) is 25.3 Å². The predicted molar refractivity (Wildman–Crippen MR) is 139 cm³/mol. The first kappa shape index (κ1) is 23.6. The van der Waals surface area contributed by atoms with Crippen LogP contribution in [0.15, 0.2) is 73.1 Å². The highest BCUT2D eigenvalue weighted by Gasteiger charge is 2.25. The highest BCUT2D eigenvalue weighted by atomic mass is 35.5. The number of pyridine rings is 1. The van der Waals surface area contributed by atoms with Crippen molar-refractivity contribution in [3.8, 4) is 0 Å². The van der Waals surface area contributed by atoms with Crippen LogP contribution >= 0.6 is 11.6 Å². The molecule has 0 radical (unpaired) electrons. The number of fused-ring (bicyclic) bond motifs is 1. The molecule has 36 heavy (non-hydrogen) atoms. The maximum absolute atomic E-state index is 13.3. The standard InChI is InChI=1S/C27H24ClN5O3/c28-21-16-30-23-15-17(7-12-20(21)23)26(35)32-25(22-5-1-3-13-29-22)27(36)31-18-8-10-19(11-9-18)33-14-4-2-6-24(33)34/h1,3,5,7-13,15-16,25,30H,2,4,6,14H2,(H,31,36)(H,32,35). The number of aromatic nitrogens is 2. The number of amides is 3. The van der Waals surface area contributed by atoms with Crippen LogP contribution in [0.3, 0.4) is 0 Å². The zero-order chi connectivity index (χ0) is 25.1. The summed E-state index contributed by atoms with van der Waals surface area (Å²) in [5.74, 6) is -0.754. The van der Waals surface area contributed by atoms with E-state index in [4.69, 9.17) is 11.6 Å². The van der Waals surface area contributed by atoms with E-state index in [9.17, 15) is 14.4 Å². The molecule has 3 heterocycles. The first-order valence-corrected chi connectivity index (χ1v) is 12.1. The third-order valence-corrected chi connectivity index (χ3v) is 6.50. The molecule has 182 valence electrons. The quantitative estimate of drug-likeness (QED) is 0.351. The molecule has 1 atom stereocenters. The van der Waals surface area contributed by atoms with Crippen LogP contribution in [0.2, 0.25) is 5.02 Å². The van der Waals surface area contributed by atoms with Crippen LogP contribution < -0.4 is 15.5 Å². The largest absolute Gasteiger partial charge is 0.360 e. The van der Waals surface area contributed by atoms with E-state index in [-0.39, 0.29) is 5.91 Å². The van der Waals surface area contributed by atoms with Gasteiger partial charge in [-0.1, -0.05) is 23.7 Å². The average molecular weight is 502 g/mol. The molecule has 1 unspecified atom stereocenters. The number of hydrogen-bond donors (Lipinski definition) is 3. The van der Waals surface area contributed by atoms with Crippen molar-refractivity contribution in [3.63, 3.8) is 0 Å². The van der Waals surface area contributed by atoms with Crippen LogP contribution in [0.25, 0.3) is 10.9 Å². The van der Waals surface area contributed by atoms with Crippen LogP contribution in [-0.2, 0) is 9.59 Å². The van der Waals surface area contributed by atoms with Crippen molar-refractivity contribution >= 4 is 51.6 Å². The fraction of sp³-hybridized carbons (Fsp3) is 0.185. The molecule has 0 aliphatic carbocycles. The fourth-order valence-electron chi connectivity index (χ4n) is 4.29. The Kier molecular flexibility index (Phi) is 6.69. The molecule has 8 nitrogen and oxygen atoms in total. The van der Waals surface area contributed by atoms with Gasteiger partial charge in [-0.3, -0.25) is 19.4 Å². The summed E-state index contributed by atoms with van der Waals surface area (Å²) in [5.41, 5.74) is 2.85. The minimum absolute atomic E-state index is 0.107. The molecule has 1 saturated heterocycles. The highest BCUT2D eigenvalue weighted by molar-refractivity contribution is 6.35. The third-order valence-electron chi connectivity index (χ3n) is 6.18. The summed E-state index contributed by atoms with van der Waals surface area (Å²) >= 11 is 6.14. The van der Waals surface area contributed by atoms with Gasteiger partial charge in [0.15, 0.2) is 6.04 Å². The van der Waals surface area contributed by atoms with Crippen molar-refractivity contribution in [2.24, 2.45) is 0 Å². The number of nitrogens with one attached hydrogen (secondary N) is 3. The fourth-order valence-corrected chi connectivity index (χ4v) is 4.50. The molecule has 3 N–H and O–H groups in total. The molecule has 3 amide bonds. The molecule has 0 bridgehead atoms. The Bertz CT molecular complexity index is 1420.